The van der Waals surface area contributed by atoms with Gasteiger partial charge in [0.1, 0.15) is 18.1 Å². The number of unbranched alkanes of at least 4 members (excludes halogenated alkanes) is 19. The Morgan fingerprint density at radius 3 is 1.41 bits per heavy atom. The largest absolute Gasteiger partial charge is 0.480 e. The Hall–Kier alpha value is -2.65. The number of carboxylic acids is 1. The first-order valence-corrected chi connectivity index (χ1v) is 18.5. The third-order valence-electron chi connectivity index (χ3n) is 8.43. The third-order valence-corrected chi connectivity index (χ3v) is 8.43. The lowest BCUT2D eigenvalue weighted by molar-refractivity contribution is -0.141. The van der Waals surface area contributed by atoms with E-state index in [-0.39, 0.29) is 11.8 Å². The van der Waals surface area contributed by atoms with Crippen LogP contribution >= 0.6 is 0 Å². The lowest BCUT2D eigenvalue weighted by atomic mass is 10.0. The smallest absolute Gasteiger partial charge is 0.325 e. The van der Waals surface area contributed by atoms with Crippen molar-refractivity contribution in [3.63, 3.8) is 0 Å². The molecule has 0 aliphatic carbocycles. The van der Waals surface area contributed by atoms with Crippen molar-refractivity contribution in [2.45, 2.75) is 193 Å². The minimum absolute atomic E-state index is 0.127. The van der Waals surface area contributed by atoms with Crippen molar-refractivity contribution in [1.29, 1.82) is 0 Å². The molecule has 0 aromatic heterocycles. The van der Waals surface area contributed by atoms with Gasteiger partial charge in [-0.2, -0.15) is 0 Å². The molecule has 0 heterocycles. The number of hydrogen-bond donors (Lipinski definition) is 5. The molecule has 268 valence electrons. The van der Waals surface area contributed by atoms with Gasteiger partial charge in [0.25, 0.3) is 0 Å². The maximum Gasteiger partial charge on any atom is 0.325 e. The molecule has 0 spiro atoms. The highest BCUT2D eigenvalue weighted by atomic mass is 16.4. The Morgan fingerprint density at radius 2 is 0.978 bits per heavy atom. The average Bonchev–Trinajstić information content (AvgIpc) is 3.01. The van der Waals surface area contributed by atoms with E-state index < -0.39 is 35.9 Å². The van der Waals surface area contributed by atoms with Crippen LogP contribution in [-0.4, -0.2) is 59.4 Å². The molecular formula is C36H68N4O6. The van der Waals surface area contributed by atoms with Gasteiger partial charge in [0.05, 0.1) is 0 Å². The predicted octanol–water partition coefficient (Wildman–Crippen LogP) is 6.69. The topological polar surface area (TPSA) is 154 Å². The minimum atomic E-state index is -1.18. The van der Waals surface area contributed by atoms with Crippen molar-refractivity contribution >= 4 is 29.6 Å². The quantitative estimate of drug-likeness (QED) is 0.0526. The van der Waals surface area contributed by atoms with Gasteiger partial charge in [-0.15, -0.1) is 0 Å². The molecule has 0 radical (unpaired) electrons. The Bertz CT molecular complexity index is 837. The van der Waals surface area contributed by atoms with E-state index in [9.17, 15) is 24.0 Å². The maximum atomic E-state index is 12.9. The van der Waals surface area contributed by atoms with Gasteiger partial charge in [-0.3, -0.25) is 24.0 Å². The minimum Gasteiger partial charge on any atom is -0.480 e. The van der Waals surface area contributed by atoms with Gasteiger partial charge in [0.2, 0.25) is 23.6 Å². The Morgan fingerprint density at radius 1 is 0.543 bits per heavy atom. The van der Waals surface area contributed by atoms with E-state index >= 15 is 0 Å². The summed E-state index contributed by atoms with van der Waals surface area (Å²) >= 11 is 0. The molecule has 0 aromatic rings. The van der Waals surface area contributed by atoms with Gasteiger partial charge in [-0.1, -0.05) is 122 Å². The van der Waals surface area contributed by atoms with E-state index in [0.29, 0.717) is 32.2 Å². The summed E-state index contributed by atoms with van der Waals surface area (Å²) in [6.07, 6.45) is 26.4. The van der Waals surface area contributed by atoms with E-state index in [1.165, 1.54) is 124 Å². The molecule has 3 atom stereocenters. The summed E-state index contributed by atoms with van der Waals surface area (Å²) in [6.45, 7) is 6.99. The van der Waals surface area contributed by atoms with Crippen molar-refractivity contribution in [3.8, 4) is 0 Å². The summed E-state index contributed by atoms with van der Waals surface area (Å²) in [5.41, 5.74) is 0. The predicted molar refractivity (Wildman–Crippen MR) is 185 cm³/mol. The van der Waals surface area contributed by atoms with Gasteiger partial charge < -0.3 is 26.4 Å². The van der Waals surface area contributed by atoms with Crippen LogP contribution in [0.3, 0.4) is 0 Å². The number of rotatable bonds is 31. The number of nitrogens with one attached hydrogen (secondary N) is 4. The van der Waals surface area contributed by atoms with Gasteiger partial charge in [0.15, 0.2) is 0 Å². The highest BCUT2D eigenvalue weighted by molar-refractivity contribution is 5.93. The molecule has 0 aromatic carbocycles. The molecule has 0 rings (SSSR count). The fourth-order valence-corrected chi connectivity index (χ4v) is 5.42. The standard InChI is InChI=1S/C36H68N4O6/c1-5-6-7-8-9-10-11-12-13-14-15-16-17-18-19-20-21-22-23-27-33(42)40-32(26-24-25-28-37-31(4)41)35(44)38-29(2)34(43)39-30(3)36(45)46/h29-30,32H,5-28H2,1-4H3,(H,37,41)(H,38,44)(H,39,43)(H,40,42)(H,45,46)/t29-,30-,32+/m1/s1. The molecule has 10 heteroatoms. The molecule has 0 saturated carbocycles. The second-order valence-corrected chi connectivity index (χ2v) is 13.0. The first-order valence-electron chi connectivity index (χ1n) is 18.5. The van der Waals surface area contributed by atoms with Crippen molar-refractivity contribution in [1.82, 2.24) is 21.3 Å². The molecule has 46 heavy (non-hydrogen) atoms. The molecule has 0 aliphatic rings. The summed E-state index contributed by atoms with van der Waals surface area (Å²) in [5.74, 6) is -2.62. The molecule has 4 amide bonds. The molecular weight excluding hydrogens is 584 g/mol. The number of amides is 4. The fourth-order valence-electron chi connectivity index (χ4n) is 5.42. The van der Waals surface area contributed by atoms with Gasteiger partial charge in [-0.25, -0.2) is 0 Å². The van der Waals surface area contributed by atoms with Crippen molar-refractivity contribution in [3.05, 3.63) is 0 Å². The molecule has 0 bridgehead atoms. The SMILES string of the molecule is CCCCCCCCCCCCCCCCCCCCCC(=O)N[C@@H](CCCCNC(C)=O)C(=O)N[C@H](C)C(=O)N[C@H](C)C(=O)O. The second-order valence-electron chi connectivity index (χ2n) is 13.0. The summed E-state index contributed by atoms with van der Waals surface area (Å²) in [6, 6.07) is -2.87. The summed E-state index contributed by atoms with van der Waals surface area (Å²) < 4.78 is 0. The monoisotopic (exact) mass is 653 g/mol. The van der Waals surface area contributed by atoms with Crippen molar-refractivity contribution < 1.29 is 29.1 Å². The molecule has 10 nitrogen and oxygen atoms in total. The lowest BCUT2D eigenvalue weighted by Crippen LogP contribution is -2.54. The molecule has 0 saturated heterocycles. The molecule has 0 fully saturated rings. The number of carboxylic acid groups (broad SMARTS) is 1. The van der Waals surface area contributed by atoms with Crippen LogP contribution in [0.2, 0.25) is 0 Å². The Kier molecular flexibility index (Phi) is 28.0. The zero-order valence-electron chi connectivity index (χ0n) is 29.7. The number of carbonyl (C=O) groups excluding carboxylic acids is 4. The van der Waals surface area contributed by atoms with E-state index in [4.69, 9.17) is 5.11 Å². The zero-order chi connectivity index (χ0) is 34.4. The molecule has 0 unspecified atom stereocenters. The first kappa shape index (κ1) is 43.4. The van der Waals surface area contributed by atoms with Gasteiger partial charge in [0, 0.05) is 19.9 Å². The highest BCUT2D eigenvalue weighted by Crippen LogP contribution is 2.15. The fraction of sp³-hybridized carbons (Fsp3) is 0.861. The lowest BCUT2D eigenvalue weighted by Gasteiger charge is -2.22. The molecule has 5 N–H and O–H groups in total. The zero-order valence-corrected chi connectivity index (χ0v) is 29.7. The number of hydrogen-bond acceptors (Lipinski definition) is 5. The third kappa shape index (κ3) is 26.6. The van der Waals surface area contributed by atoms with E-state index in [2.05, 4.69) is 28.2 Å². The summed E-state index contributed by atoms with van der Waals surface area (Å²) in [7, 11) is 0. The Labute approximate surface area is 279 Å². The van der Waals surface area contributed by atoms with Crippen LogP contribution in [0.25, 0.3) is 0 Å². The van der Waals surface area contributed by atoms with Crippen LogP contribution in [0.15, 0.2) is 0 Å². The van der Waals surface area contributed by atoms with Crippen LogP contribution in [0, 0.1) is 0 Å². The van der Waals surface area contributed by atoms with Crippen molar-refractivity contribution in [2.75, 3.05) is 6.54 Å². The van der Waals surface area contributed by atoms with Crippen LogP contribution in [0.5, 0.6) is 0 Å². The van der Waals surface area contributed by atoms with Crippen LogP contribution < -0.4 is 21.3 Å². The number of aliphatic carboxylic acids is 1. The van der Waals surface area contributed by atoms with E-state index in [0.717, 1.165) is 19.3 Å². The van der Waals surface area contributed by atoms with Gasteiger partial charge >= 0.3 is 5.97 Å². The summed E-state index contributed by atoms with van der Waals surface area (Å²) in [5, 5.41) is 19.5. The number of carbonyl (C=O) groups is 5. The van der Waals surface area contributed by atoms with Crippen LogP contribution in [0.1, 0.15) is 175 Å². The van der Waals surface area contributed by atoms with E-state index in [1.54, 1.807) is 0 Å². The van der Waals surface area contributed by atoms with Crippen LogP contribution in [0.4, 0.5) is 0 Å². The Balaban J connectivity index is 4.15. The summed E-state index contributed by atoms with van der Waals surface area (Å²) in [4.78, 5) is 60.0. The first-order chi connectivity index (χ1) is 22.1. The molecule has 0 aliphatic heterocycles. The van der Waals surface area contributed by atoms with Crippen LogP contribution in [-0.2, 0) is 24.0 Å². The second kappa shape index (κ2) is 29.7. The normalized spacial score (nSPS) is 13.0. The van der Waals surface area contributed by atoms with Crippen molar-refractivity contribution in [2.24, 2.45) is 0 Å². The van der Waals surface area contributed by atoms with Gasteiger partial charge in [-0.05, 0) is 39.5 Å². The maximum absolute atomic E-state index is 12.9. The van der Waals surface area contributed by atoms with E-state index in [1.807, 2.05) is 0 Å². The highest BCUT2D eigenvalue weighted by Gasteiger charge is 2.25. The average molecular weight is 653 g/mol.